The minimum absolute atomic E-state index is 0.186. The largest absolute Gasteiger partial charge is 0.390 e. The fraction of sp³-hybridized carbons (Fsp3) is 0.417. The van der Waals surface area contributed by atoms with E-state index in [2.05, 4.69) is 21.2 Å². The van der Waals surface area contributed by atoms with Crippen molar-refractivity contribution >= 4 is 33.4 Å². The molecular formula is C12H14BrClN2O2. The Morgan fingerprint density at radius 2 is 2.28 bits per heavy atom. The van der Waals surface area contributed by atoms with E-state index >= 15 is 0 Å². The molecule has 0 bridgehead atoms. The first-order valence-electron chi connectivity index (χ1n) is 5.61. The number of carbonyl (C=O) groups excluding carboxylic acids is 1. The zero-order valence-electron chi connectivity index (χ0n) is 9.86. The molecule has 6 heteroatoms. The summed E-state index contributed by atoms with van der Waals surface area (Å²) >= 11 is 9.35. The fourth-order valence-electron chi connectivity index (χ4n) is 2.05. The summed E-state index contributed by atoms with van der Waals surface area (Å²) in [4.78, 5) is 13.9. The molecule has 1 aromatic rings. The molecule has 0 spiro atoms. The molecule has 1 amide bonds. The molecule has 0 saturated carbocycles. The van der Waals surface area contributed by atoms with E-state index < -0.39 is 6.10 Å². The normalized spacial score (nSPS) is 23.1. The second-order valence-electron chi connectivity index (χ2n) is 4.33. The number of β-amino-alcohol motifs (C(OH)–C–C–N with tert-alkyl or cyclic N) is 1. The molecule has 2 N–H and O–H groups in total. The Labute approximate surface area is 119 Å². The van der Waals surface area contributed by atoms with Crippen molar-refractivity contribution < 1.29 is 9.90 Å². The van der Waals surface area contributed by atoms with Crippen molar-refractivity contribution in [2.24, 2.45) is 0 Å². The number of nitrogens with zero attached hydrogens (tertiary/aromatic N) is 1. The van der Waals surface area contributed by atoms with Gasteiger partial charge >= 0.3 is 0 Å². The van der Waals surface area contributed by atoms with E-state index in [4.69, 9.17) is 11.6 Å². The highest BCUT2D eigenvalue weighted by atomic mass is 79.9. The third kappa shape index (κ3) is 2.69. The van der Waals surface area contributed by atoms with Gasteiger partial charge in [-0.2, -0.15) is 0 Å². The van der Waals surface area contributed by atoms with Crippen LogP contribution in [0, 0.1) is 0 Å². The predicted molar refractivity (Wildman–Crippen MR) is 73.9 cm³/mol. The van der Waals surface area contributed by atoms with E-state index in [1.807, 2.05) is 0 Å². The van der Waals surface area contributed by atoms with E-state index in [9.17, 15) is 9.90 Å². The summed E-state index contributed by atoms with van der Waals surface area (Å²) in [5, 5.41) is 13.2. The molecule has 0 aliphatic carbocycles. The molecule has 1 fully saturated rings. The number of aliphatic hydroxyl groups excluding tert-OH is 1. The Morgan fingerprint density at radius 1 is 1.56 bits per heavy atom. The van der Waals surface area contributed by atoms with Gasteiger partial charge in [-0.05, 0) is 18.2 Å². The monoisotopic (exact) mass is 332 g/mol. The Kier molecular flexibility index (Phi) is 4.27. The predicted octanol–water partition coefficient (Wildman–Crippen LogP) is 1.51. The molecule has 1 heterocycles. The molecule has 18 heavy (non-hydrogen) atoms. The van der Waals surface area contributed by atoms with Crippen LogP contribution in [-0.2, 0) is 0 Å². The highest BCUT2D eigenvalue weighted by Crippen LogP contribution is 2.23. The van der Waals surface area contributed by atoms with Gasteiger partial charge in [0.05, 0.1) is 22.7 Å². The highest BCUT2D eigenvalue weighted by molar-refractivity contribution is 9.10. The molecule has 1 saturated heterocycles. The topological polar surface area (TPSA) is 52.6 Å². The smallest absolute Gasteiger partial charge is 0.255 e. The quantitative estimate of drug-likeness (QED) is 0.862. The zero-order chi connectivity index (χ0) is 13.3. The standard InChI is InChI=1S/C12H14BrClN2O2/c1-16(10-5-15-6-11(10)17)12(18)8-4-7(13)2-3-9(8)14/h2-4,10-11,15,17H,5-6H2,1H3/t10-,11-/m1/s1. The van der Waals surface area contributed by atoms with E-state index in [0.29, 0.717) is 23.7 Å². The number of hydrogen-bond acceptors (Lipinski definition) is 3. The van der Waals surface area contributed by atoms with Crippen LogP contribution < -0.4 is 5.32 Å². The second kappa shape index (κ2) is 5.57. The lowest BCUT2D eigenvalue weighted by Crippen LogP contribution is -2.44. The fourth-order valence-corrected chi connectivity index (χ4v) is 2.61. The molecule has 0 unspecified atom stereocenters. The molecule has 2 atom stereocenters. The third-order valence-electron chi connectivity index (χ3n) is 3.13. The highest BCUT2D eigenvalue weighted by Gasteiger charge is 2.32. The molecule has 4 nitrogen and oxygen atoms in total. The number of hydrogen-bond donors (Lipinski definition) is 2. The van der Waals surface area contributed by atoms with Gasteiger partial charge in [-0.25, -0.2) is 0 Å². The summed E-state index contributed by atoms with van der Waals surface area (Å²) in [5.41, 5.74) is 0.438. The number of halogens is 2. The average molecular weight is 334 g/mol. The summed E-state index contributed by atoms with van der Waals surface area (Å²) in [5.74, 6) is -0.186. The number of rotatable bonds is 2. The van der Waals surface area contributed by atoms with Crippen LogP contribution >= 0.6 is 27.5 Å². The first kappa shape index (κ1) is 13.8. The average Bonchev–Trinajstić information content (AvgIpc) is 2.77. The number of carbonyl (C=O) groups is 1. The van der Waals surface area contributed by atoms with Crippen LogP contribution in [0.5, 0.6) is 0 Å². The lowest BCUT2D eigenvalue weighted by Gasteiger charge is -2.26. The van der Waals surface area contributed by atoms with Crippen molar-refractivity contribution in [1.29, 1.82) is 0 Å². The van der Waals surface area contributed by atoms with Crippen LogP contribution in [0.4, 0.5) is 0 Å². The first-order chi connectivity index (χ1) is 8.50. The summed E-state index contributed by atoms with van der Waals surface area (Å²) < 4.78 is 0.800. The summed E-state index contributed by atoms with van der Waals surface area (Å²) in [6, 6.07) is 4.93. The molecule has 1 aliphatic rings. The lowest BCUT2D eigenvalue weighted by atomic mass is 10.1. The van der Waals surface area contributed by atoms with Crippen molar-refractivity contribution in [3.63, 3.8) is 0 Å². The summed E-state index contributed by atoms with van der Waals surface area (Å²) in [6.45, 7) is 1.10. The number of likely N-dealkylation sites (N-methyl/N-ethyl adjacent to an activating group) is 1. The Bertz CT molecular complexity index is 469. The molecule has 2 rings (SSSR count). The van der Waals surface area contributed by atoms with Crippen LogP contribution in [0.2, 0.25) is 5.02 Å². The summed E-state index contributed by atoms with van der Waals surface area (Å²) in [7, 11) is 1.68. The number of benzene rings is 1. The van der Waals surface area contributed by atoms with Gasteiger partial charge in [-0.15, -0.1) is 0 Å². The maximum absolute atomic E-state index is 12.3. The number of aliphatic hydroxyl groups is 1. The van der Waals surface area contributed by atoms with Crippen molar-refractivity contribution in [2.75, 3.05) is 20.1 Å². The summed E-state index contributed by atoms with van der Waals surface area (Å²) in [6.07, 6.45) is -0.537. The van der Waals surface area contributed by atoms with Crippen molar-refractivity contribution in [3.05, 3.63) is 33.3 Å². The van der Waals surface area contributed by atoms with Gasteiger partial charge in [0.25, 0.3) is 5.91 Å². The van der Waals surface area contributed by atoms with Gasteiger partial charge in [-0.3, -0.25) is 4.79 Å². The first-order valence-corrected chi connectivity index (χ1v) is 6.79. The van der Waals surface area contributed by atoms with Crippen molar-refractivity contribution in [3.8, 4) is 0 Å². The van der Waals surface area contributed by atoms with E-state index in [0.717, 1.165) is 4.47 Å². The van der Waals surface area contributed by atoms with Crippen LogP contribution in [-0.4, -0.2) is 48.2 Å². The van der Waals surface area contributed by atoms with Gasteiger partial charge in [0.15, 0.2) is 0 Å². The minimum Gasteiger partial charge on any atom is -0.390 e. The third-order valence-corrected chi connectivity index (χ3v) is 3.95. The van der Waals surface area contributed by atoms with Gasteiger partial charge in [0.1, 0.15) is 0 Å². The van der Waals surface area contributed by atoms with E-state index in [1.54, 1.807) is 30.1 Å². The molecular weight excluding hydrogens is 320 g/mol. The van der Waals surface area contributed by atoms with Crippen LogP contribution in [0.3, 0.4) is 0 Å². The second-order valence-corrected chi connectivity index (χ2v) is 5.66. The number of amides is 1. The molecule has 98 valence electrons. The molecule has 1 aromatic carbocycles. The molecule has 0 radical (unpaired) electrons. The van der Waals surface area contributed by atoms with Crippen molar-refractivity contribution in [1.82, 2.24) is 10.2 Å². The van der Waals surface area contributed by atoms with Gasteiger partial charge in [-0.1, -0.05) is 27.5 Å². The van der Waals surface area contributed by atoms with Gasteiger partial charge in [0.2, 0.25) is 0 Å². The van der Waals surface area contributed by atoms with Crippen molar-refractivity contribution in [2.45, 2.75) is 12.1 Å². The maximum atomic E-state index is 12.3. The van der Waals surface area contributed by atoms with Gasteiger partial charge < -0.3 is 15.3 Å². The molecule has 0 aromatic heterocycles. The maximum Gasteiger partial charge on any atom is 0.255 e. The number of nitrogens with one attached hydrogen (secondary N) is 1. The van der Waals surface area contributed by atoms with E-state index in [1.165, 1.54) is 0 Å². The molecule has 1 aliphatic heterocycles. The SMILES string of the molecule is CN(C(=O)c1cc(Br)ccc1Cl)[C@@H]1CNC[C@H]1O. The van der Waals surface area contributed by atoms with Crippen LogP contribution in [0.1, 0.15) is 10.4 Å². The lowest BCUT2D eigenvalue weighted by molar-refractivity contribution is 0.0581. The Balaban J connectivity index is 2.22. The Hall–Kier alpha value is -0.620. The van der Waals surface area contributed by atoms with Gasteiger partial charge in [0, 0.05) is 24.6 Å². The zero-order valence-corrected chi connectivity index (χ0v) is 12.2. The van der Waals surface area contributed by atoms with E-state index in [-0.39, 0.29) is 11.9 Å². The Morgan fingerprint density at radius 3 is 2.89 bits per heavy atom. The van der Waals surface area contributed by atoms with Crippen LogP contribution in [0.25, 0.3) is 0 Å². The minimum atomic E-state index is -0.537. The van der Waals surface area contributed by atoms with Crippen LogP contribution in [0.15, 0.2) is 22.7 Å².